The monoisotopic (exact) mass is 411 g/mol. The molecule has 1 atom stereocenters. The van der Waals surface area contributed by atoms with Crippen molar-refractivity contribution >= 4 is 40.9 Å². The van der Waals surface area contributed by atoms with Crippen molar-refractivity contribution < 1.29 is 9.53 Å². The number of ether oxygens (including phenoxy) is 1. The smallest absolute Gasteiger partial charge is 0.260 e. The minimum Gasteiger partial charge on any atom is -0.481 e. The number of amides is 1. The summed E-state index contributed by atoms with van der Waals surface area (Å²) >= 11 is 13.6. The molecule has 140 valence electrons. The van der Waals surface area contributed by atoms with Crippen LogP contribution >= 0.6 is 35.0 Å². The summed E-state index contributed by atoms with van der Waals surface area (Å²) in [6, 6.07) is 13.4. The number of para-hydroxylation sites is 1. The highest BCUT2D eigenvalue weighted by atomic mass is 35.5. The maximum atomic E-state index is 12.2. The Labute approximate surface area is 169 Å². The molecule has 0 saturated heterocycles. The van der Waals surface area contributed by atoms with E-state index in [0.29, 0.717) is 16.6 Å². The summed E-state index contributed by atoms with van der Waals surface area (Å²) in [5, 5.41) is 4.04. The predicted octanol–water partition coefficient (Wildman–Crippen LogP) is 5.37. The summed E-state index contributed by atoms with van der Waals surface area (Å²) in [4.78, 5) is 12.2. The van der Waals surface area contributed by atoms with Crippen LogP contribution in [0.15, 0.2) is 42.5 Å². The fourth-order valence-corrected chi connectivity index (χ4v) is 3.49. The van der Waals surface area contributed by atoms with Crippen LogP contribution in [0.5, 0.6) is 5.75 Å². The van der Waals surface area contributed by atoms with Gasteiger partial charge in [-0.05, 0) is 42.7 Å². The summed E-state index contributed by atoms with van der Waals surface area (Å²) in [6.45, 7) is 4.43. The molecule has 1 N–H and O–H groups in total. The number of halogens is 2. The number of hydrogen-bond donors (Lipinski definition) is 1. The quantitative estimate of drug-likeness (QED) is 0.563. The van der Waals surface area contributed by atoms with Crippen molar-refractivity contribution in [3.05, 3.63) is 63.6 Å². The van der Waals surface area contributed by atoms with Gasteiger partial charge in [-0.25, -0.2) is 0 Å². The van der Waals surface area contributed by atoms with E-state index in [-0.39, 0.29) is 5.91 Å². The van der Waals surface area contributed by atoms with Crippen LogP contribution in [0, 0.1) is 0 Å². The maximum Gasteiger partial charge on any atom is 0.260 e. The Morgan fingerprint density at radius 1 is 1.19 bits per heavy atom. The molecule has 0 aliphatic heterocycles. The Kier molecular flexibility index (Phi) is 8.63. The van der Waals surface area contributed by atoms with Gasteiger partial charge in [-0.15, -0.1) is 0 Å². The standard InChI is InChI=1S/C20H23Cl2NO2S/c1-3-16-6-4-5-7-19(16)25-14(2)20(24)23-10-11-26-13-15-8-9-17(21)18(22)12-15/h4-9,12,14H,3,10-11,13H2,1-2H3,(H,23,24)/t14-/m1/s1. The zero-order valence-electron chi connectivity index (χ0n) is 14.9. The lowest BCUT2D eigenvalue weighted by atomic mass is 10.1. The van der Waals surface area contributed by atoms with Gasteiger partial charge in [0.15, 0.2) is 6.10 Å². The second kappa shape index (κ2) is 10.7. The van der Waals surface area contributed by atoms with Gasteiger partial charge in [-0.2, -0.15) is 11.8 Å². The molecule has 2 aromatic rings. The van der Waals surface area contributed by atoms with Crippen molar-refractivity contribution in [2.45, 2.75) is 32.1 Å². The first kappa shape index (κ1) is 20.9. The summed E-state index contributed by atoms with van der Waals surface area (Å²) in [5.41, 5.74) is 2.22. The first-order valence-electron chi connectivity index (χ1n) is 8.55. The lowest BCUT2D eigenvalue weighted by Crippen LogP contribution is -2.37. The summed E-state index contributed by atoms with van der Waals surface area (Å²) < 4.78 is 5.80. The van der Waals surface area contributed by atoms with Crippen molar-refractivity contribution in [1.82, 2.24) is 5.32 Å². The van der Waals surface area contributed by atoms with E-state index in [1.807, 2.05) is 36.4 Å². The van der Waals surface area contributed by atoms with Crippen molar-refractivity contribution in [2.24, 2.45) is 0 Å². The van der Waals surface area contributed by atoms with E-state index >= 15 is 0 Å². The molecule has 0 saturated carbocycles. The van der Waals surface area contributed by atoms with Crippen molar-refractivity contribution in [2.75, 3.05) is 12.3 Å². The molecule has 0 fully saturated rings. The molecule has 0 heterocycles. The van der Waals surface area contributed by atoms with E-state index < -0.39 is 6.10 Å². The third-order valence-corrected chi connectivity index (χ3v) is 5.59. The number of aryl methyl sites for hydroxylation is 1. The molecule has 3 nitrogen and oxygen atoms in total. The zero-order chi connectivity index (χ0) is 18.9. The second-order valence-electron chi connectivity index (χ2n) is 5.81. The highest BCUT2D eigenvalue weighted by Gasteiger charge is 2.15. The molecular formula is C20H23Cl2NO2S. The van der Waals surface area contributed by atoms with Gasteiger partial charge >= 0.3 is 0 Å². The normalized spacial score (nSPS) is 11.8. The molecule has 0 radical (unpaired) electrons. The van der Waals surface area contributed by atoms with Gasteiger partial charge in [-0.3, -0.25) is 4.79 Å². The highest BCUT2D eigenvalue weighted by Crippen LogP contribution is 2.24. The van der Waals surface area contributed by atoms with E-state index in [9.17, 15) is 4.79 Å². The van der Waals surface area contributed by atoms with Crippen LogP contribution in [0.3, 0.4) is 0 Å². The fourth-order valence-electron chi connectivity index (χ4n) is 2.36. The maximum absolute atomic E-state index is 12.2. The van der Waals surface area contributed by atoms with Crippen LogP contribution in [-0.2, 0) is 17.0 Å². The fraction of sp³-hybridized carbons (Fsp3) is 0.350. The largest absolute Gasteiger partial charge is 0.481 e. The number of thioether (sulfide) groups is 1. The molecule has 6 heteroatoms. The van der Waals surface area contributed by atoms with Crippen molar-refractivity contribution in [1.29, 1.82) is 0 Å². The van der Waals surface area contributed by atoms with Gasteiger partial charge in [0.2, 0.25) is 0 Å². The van der Waals surface area contributed by atoms with E-state index in [2.05, 4.69) is 12.2 Å². The zero-order valence-corrected chi connectivity index (χ0v) is 17.3. The van der Waals surface area contributed by atoms with Crippen LogP contribution in [0.1, 0.15) is 25.0 Å². The van der Waals surface area contributed by atoms with Gasteiger partial charge in [0.1, 0.15) is 5.75 Å². The first-order valence-corrected chi connectivity index (χ1v) is 10.5. The topological polar surface area (TPSA) is 38.3 Å². The van der Waals surface area contributed by atoms with Gasteiger partial charge in [0, 0.05) is 18.1 Å². The first-order chi connectivity index (χ1) is 12.5. The van der Waals surface area contributed by atoms with Gasteiger partial charge in [0.25, 0.3) is 5.91 Å². The molecule has 26 heavy (non-hydrogen) atoms. The Bertz CT molecular complexity index is 740. The van der Waals surface area contributed by atoms with Crippen molar-refractivity contribution in [3.63, 3.8) is 0 Å². The minimum absolute atomic E-state index is 0.106. The highest BCUT2D eigenvalue weighted by molar-refractivity contribution is 7.98. The molecule has 2 aromatic carbocycles. The molecule has 0 unspecified atom stereocenters. The molecule has 0 bridgehead atoms. The number of carbonyl (C=O) groups excluding carboxylic acids is 1. The summed E-state index contributed by atoms with van der Waals surface area (Å²) in [5.74, 6) is 2.30. The van der Waals surface area contributed by atoms with E-state index in [1.165, 1.54) is 0 Å². The second-order valence-corrected chi connectivity index (χ2v) is 7.73. The van der Waals surface area contributed by atoms with E-state index in [0.717, 1.165) is 34.8 Å². The Morgan fingerprint density at radius 2 is 1.96 bits per heavy atom. The molecule has 1 amide bonds. The lowest BCUT2D eigenvalue weighted by molar-refractivity contribution is -0.127. The predicted molar refractivity (Wildman–Crippen MR) is 112 cm³/mol. The van der Waals surface area contributed by atoms with Gasteiger partial charge < -0.3 is 10.1 Å². The lowest BCUT2D eigenvalue weighted by Gasteiger charge is -2.16. The molecule has 0 aromatic heterocycles. The summed E-state index contributed by atoms with van der Waals surface area (Å²) in [6.07, 6.45) is 0.346. The summed E-state index contributed by atoms with van der Waals surface area (Å²) in [7, 11) is 0. The number of rotatable bonds is 9. The average Bonchev–Trinajstić information content (AvgIpc) is 2.64. The molecule has 0 aliphatic carbocycles. The molecule has 0 spiro atoms. The Hall–Kier alpha value is -1.36. The minimum atomic E-state index is -0.525. The average molecular weight is 412 g/mol. The molecular weight excluding hydrogens is 389 g/mol. The van der Waals surface area contributed by atoms with Crippen LogP contribution < -0.4 is 10.1 Å². The molecule has 0 aliphatic rings. The Morgan fingerprint density at radius 3 is 2.69 bits per heavy atom. The molecule has 2 rings (SSSR count). The van der Waals surface area contributed by atoms with Gasteiger partial charge in [-0.1, -0.05) is 54.4 Å². The number of nitrogens with one attached hydrogen (secondary N) is 1. The number of hydrogen-bond acceptors (Lipinski definition) is 3. The number of benzene rings is 2. The van der Waals surface area contributed by atoms with Crippen LogP contribution in [0.25, 0.3) is 0 Å². The van der Waals surface area contributed by atoms with E-state index in [4.69, 9.17) is 27.9 Å². The van der Waals surface area contributed by atoms with E-state index in [1.54, 1.807) is 24.8 Å². The van der Waals surface area contributed by atoms with Gasteiger partial charge in [0.05, 0.1) is 10.0 Å². The Balaban J connectivity index is 1.70. The third-order valence-electron chi connectivity index (χ3n) is 3.82. The number of carbonyl (C=O) groups is 1. The SMILES string of the molecule is CCc1ccccc1O[C@H](C)C(=O)NCCSCc1ccc(Cl)c(Cl)c1. The van der Waals surface area contributed by atoms with Crippen LogP contribution in [0.4, 0.5) is 0 Å². The van der Waals surface area contributed by atoms with Crippen LogP contribution in [-0.4, -0.2) is 24.3 Å². The van der Waals surface area contributed by atoms with Crippen LogP contribution in [0.2, 0.25) is 10.0 Å². The van der Waals surface area contributed by atoms with Crippen molar-refractivity contribution in [3.8, 4) is 5.75 Å². The third kappa shape index (κ3) is 6.42.